The lowest BCUT2D eigenvalue weighted by Crippen LogP contribution is -2.50. The van der Waals surface area contributed by atoms with Gasteiger partial charge in [-0.2, -0.15) is 0 Å². The van der Waals surface area contributed by atoms with Crippen molar-refractivity contribution in [3.8, 4) is 0 Å². The number of nitrogens with zero attached hydrogens (tertiary/aromatic N) is 2. The monoisotopic (exact) mass is 344 g/mol. The molecule has 1 saturated carbocycles. The van der Waals surface area contributed by atoms with Crippen LogP contribution in [0.15, 0.2) is 0 Å². The summed E-state index contributed by atoms with van der Waals surface area (Å²) >= 11 is 0. The fourth-order valence-electron chi connectivity index (χ4n) is 4.01. The highest BCUT2D eigenvalue weighted by molar-refractivity contribution is 7.88. The summed E-state index contributed by atoms with van der Waals surface area (Å²) in [5, 5.41) is 0. The average Bonchev–Trinajstić information content (AvgIpc) is 3.28. The molecule has 3 aliphatic rings. The Hall–Kier alpha value is -0.660. The maximum absolute atomic E-state index is 12.5. The molecule has 0 N–H and O–H groups in total. The van der Waals surface area contributed by atoms with E-state index in [9.17, 15) is 13.2 Å². The van der Waals surface area contributed by atoms with Gasteiger partial charge in [0.05, 0.1) is 12.9 Å². The molecule has 0 unspecified atom stereocenters. The molecule has 2 heterocycles. The number of carbonyl (C=O) groups excluding carboxylic acids is 1. The van der Waals surface area contributed by atoms with Gasteiger partial charge in [0.25, 0.3) is 0 Å². The molecule has 1 amide bonds. The zero-order valence-corrected chi connectivity index (χ0v) is 14.9. The number of ether oxygens (including phenoxy) is 1. The molecule has 132 valence electrons. The average molecular weight is 344 g/mol. The number of rotatable bonds is 5. The summed E-state index contributed by atoms with van der Waals surface area (Å²) in [6, 6.07) is 0. The molecule has 0 bridgehead atoms. The number of carbonyl (C=O) groups is 1. The molecule has 0 aromatic carbocycles. The van der Waals surface area contributed by atoms with E-state index in [0.717, 1.165) is 25.5 Å². The van der Waals surface area contributed by atoms with E-state index >= 15 is 0 Å². The van der Waals surface area contributed by atoms with Crippen molar-refractivity contribution in [1.29, 1.82) is 0 Å². The van der Waals surface area contributed by atoms with Crippen molar-refractivity contribution in [3.63, 3.8) is 0 Å². The second-order valence-electron chi connectivity index (χ2n) is 7.47. The molecule has 3 fully saturated rings. The summed E-state index contributed by atoms with van der Waals surface area (Å²) in [6.45, 7) is 3.23. The molecule has 0 radical (unpaired) electrons. The molecule has 7 heteroatoms. The molecule has 0 aromatic rings. The predicted molar refractivity (Wildman–Crippen MR) is 87.3 cm³/mol. The zero-order chi connectivity index (χ0) is 16.6. The van der Waals surface area contributed by atoms with Gasteiger partial charge < -0.3 is 9.64 Å². The number of piperidine rings is 1. The molecule has 2 saturated heterocycles. The van der Waals surface area contributed by atoms with Gasteiger partial charge in [-0.1, -0.05) is 0 Å². The normalized spacial score (nSPS) is 33.4. The Morgan fingerprint density at radius 3 is 2.48 bits per heavy atom. The number of sulfonamides is 1. The topological polar surface area (TPSA) is 66.9 Å². The van der Waals surface area contributed by atoms with Crippen LogP contribution in [0.1, 0.15) is 25.7 Å². The predicted octanol–water partition coefficient (Wildman–Crippen LogP) is 0.789. The van der Waals surface area contributed by atoms with Crippen LogP contribution in [0.4, 0.5) is 0 Å². The van der Waals surface area contributed by atoms with E-state index in [0.29, 0.717) is 32.0 Å². The molecule has 23 heavy (non-hydrogen) atoms. The van der Waals surface area contributed by atoms with Crippen LogP contribution in [0, 0.1) is 23.7 Å². The molecule has 0 spiro atoms. The minimum Gasteiger partial charge on any atom is -0.381 e. The van der Waals surface area contributed by atoms with Gasteiger partial charge in [-0.05, 0) is 37.5 Å². The number of hydrogen-bond donors (Lipinski definition) is 0. The van der Waals surface area contributed by atoms with E-state index in [1.165, 1.54) is 23.4 Å². The molecule has 3 atom stereocenters. The standard InChI is InChI=1S/C16H28N2O4S/c1-17-9-13(11-22-10-12-3-4-12)14-5-7-18(23(2,20)21)8-6-15(14)16(17)19/h12-15H,3-11H2,1-2H3/t13-,14-,15-/m0/s1. The molecule has 1 aliphatic carbocycles. The summed E-state index contributed by atoms with van der Waals surface area (Å²) in [5.41, 5.74) is 0. The first kappa shape index (κ1) is 17.2. The van der Waals surface area contributed by atoms with Crippen molar-refractivity contribution in [2.45, 2.75) is 25.7 Å². The lowest BCUT2D eigenvalue weighted by Gasteiger charge is -2.41. The first-order valence-electron chi connectivity index (χ1n) is 8.64. The molecule has 2 aliphatic heterocycles. The van der Waals surface area contributed by atoms with Crippen LogP contribution < -0.4 is 0 Å². The fraction of sp³-hybridized carbons (Fsp3) is 0.938. The second-order valence-corrected chi connectivity index (χ2v) is 9.45. The second kappa shape index (κ2) is 6.69. The van der Waals surface area contributed by atoms with Gasteiger partial charge in [0.15, 0.2) is 0 Å². The molecule has 6 nitrogen and oxygen atoms in total. The van der Waals surface area contributed by atoms with Crippen LogP contribution in [-0.4, -0.2) is 69.7 Å². The van der Waals surface area contributed by atoms with Crippen molar-refractivity contribution < 1.29 is 17.9 Å². The summed E-state index contributed by atoms with van der Waals surface area (Å²) in [7, 11) is -1.33. The first-order valence-corrected chi connectivity index (χ1v) is 10.5. The van der Waals surface area contributed by atoms with Crippen molar-refractivity contribution in [1.82, 2.24) is 9.21 Å². The molecule has 3 rings (SSSR count). The van der Waals surface area contributed by atoms with Crippen LogP contribution in [0.3, 0.4) is 0 Å². The third-order valence-electron chi connectivity index (χ3n) is 5.58. The van der Waals surface area contributed by atoms with Crippen molar-refractivity contribution >= 4 is 15.9 Å². The summed E-state index contributed by atoms with van der Waals surface area (Å²) in [4.78, 5) is 14.3. The quantitative estimate of drug-likeness (QED) is 0.739. The van der Waals surface area contributed by atoms with Gasteiger partial charge in [-0.3, -0.25) is 4.79 Å². The van der Waals surface area contributed by atoms with Crippen molar-refractivity contribution in [2.75, 3.05) is 46.2 Å². The fourth-order valence-corrected chi connectivity index (χ4v) is 4.89. The summed E-state index contributed by atoms with van der Waals surface area (Å²) < 4.78 is 31.1. The SMILES string of the molecule is CN1C[C@@H](COCC2CC2)[C@@H]2CCN(S(C)(=O)=O)CC[C@@H]2C1=O. The van der Waals surface area contributed by atoms with E-state index in [1.807, 2.05) is 11.9 Å². The van der Waals surface area contributed by atoms with Gasteiger partial charge >= 0.3 is 0 Å². The number of fused-ring (bicyclic) bond motifs is 1. The largest absolute Gasteiger partial charge is 0.381 e. The van der Waals surface area contributed by atoms with E-state index in [4.69, 9.17) is 4.74 Å². The maximum Gasteiger partial charge on any atom is 0.225 e. The van der Waals surface area contributed by atoms with E-state index in [-0.39, 0.29) is 17.7 Å². The third kappa shape index (κ3) is 4.06. The number of amides is 1. The zero-order valence-electron chi connectivity index (χ0n) is 14.1. The number of likely N-dealkylation sites (tertiary alicyclic amines) is 1. The Morgan fingerprint density at radius 2 is 1.83 bits per heavy atom. The van der Waals surface area contributed by atoms with Crippen LogP contribution >= 0.6 is 0 Å². The van der Waals surface area contributed by atoms with Gasteiger partial charge in [0.1, 0.15) is 0 Å². The Bertz CT molecular complexity index is 546. The van der Waals surface area contributed by atoms with Crippen molar-refractivity contribution in [2.24, 2.45) is 23.7 Å². The van der Waals surface area contributed by atoms with Crippen LogP contribution in [0.2, 0.25) is 0 Å². The molecule has 0 aromatic heterocycles. The minimum absolute atomic E-state index is 0.0602. The highest BCUT2D eigenvalue weighted by atomic mass is 32.2. The first-order chi connectivity index (χ1) is 10.9. The van der Waals surface area contributed by atoms with E-state index < -0.39 is 10.0 Å². The van der Waals surface area contributed by atoms with Crippen molar-refractivity contribution in [3.05, 3.63) is 0 Å². The molecular formula is C16H28N2O4S. The van der Waals surface area contributed by atoms with Crippen LogP contribution in [-0.2, 0) is 19.6 Å². The minimum atomic E-state index is -3.18. The third-order valence-corrected chi connectivity index (χ3v) is 6.88. The smallest absolute Gasteiger partial charge is 0.225 e. The van der Waals surface area contributed by atoms with Gasteiger partial charge in [0, 0.05) is 45.1 Å². The highest BCUT2D eigenvalue weighted by Crippen LogP contribution is 2.37. The van der Waals surface area contributed by atoms with Gasteiger partial charge in [0.2, 0.25) is 15.9 Å². The number of hydrogen-bond acceptors (Lipinski definition) is 4. The highest BCUT2D eigenvalue weighted by Gasteiger charge is 2.43. The lowest BCUT2D eigenvalue weighted by atomic mass is 9.75. The van der Waals surface area contributed by atoms with E-state index in [2.05, 4.69) is 0 Å². The Balaban J connectivity index is 1.67. The van der Waals surface area contributed by atoms with Crippen LogP contribution in [0.5, 0.6) is 0 Å². The van der Waals surface area contributed by atoms with Gasteiger partial charge in [-0.25, -0.2) is 12.7 Å². The molecular weight excluding hydrogens is 316 g/mol. The van der Waals surface area contributed by atoms with Crippen LogP contribution in [0.25, 0.3) is 0 Å². The Labute approximate surface area is 139 Å². The lowest BCUT2D eigenvalue weighted by molar-refractivity contribution is -0.144. The Morgan fingerprint density at radius 1 is 1.13 bits per heavy atom. The summed E-state index contributed by atoms with van der Waals surface area (Å²) in [5.74, 6) is 1.41. The van der Waals surface area contributed by atoms with E-state index in [1.54, 1.807) is 0 Å². The van der Waals surface area contributed by atoms with Gasteiger partial charge in [-0.15, -0.1) is 0 Å². The summed E-state index contributed by atoms with van der Waals surface area (Å²) in [6.07, 6.45) is 5.19. The maximum atomic E-state index is 12.5. The Kier molecular flexibility index (Phi) is 4.99.